The first kappa shape index (κ1) is 14.1. The lowest BCUT2D eigenvalue weighted by Crippen LogP contribution is -2.39. The Hall–Kier alpha value is -1.32. The van der Waals surface area contributed by atoms with Crippen LogP contribution in [0.15, 0.2) is 6.07 Å². The van der Waals surface area contributed by atoms with Gasteiger partial charge in [-0.25, -0.2) is 9.97 Å². The lowest BCUT2D eigenvalue weighted by molar-refractivity contribution is 0.322. The first-order valence-corrected chi connectivity index (χ1v) is 7.33. The molecule has 1 aromatic heterocycles. The number of anilines is 2. The van der Waals surface area contributed by atoms with E-state index >= 15 is 0 Å². The van der Waals surface area contributed by atoms with Gasteiger partial charge in [-0.05, 0) is 18.3 Å². The van der Waals surface area contributed by atoms with Crippen LogP contribution in [0.1, 0.15) is 45.9 Å². The van der Waals surface area contributed by atoms with Crippen LogP contribution in [0.5, 0.6) is 0 Å². The molecular weight excluding hydrogens is 236 g/mol. The van der Waals surface area contributed by atoms with E-state index in [0.717, 1.165) is 42.4 Å². The van der Waals surface area contributed by atoms with Crippen molar-refractivity contribution in [1.29, 1.82) is 0 Å². The predicted octanol–water partition coefficient (Wildman–Crippen LogP) is 3.12. The smallest absolute Gasteiger partial charge is 0.135 e. The Bertz CT molecular complexity index is 430. The van der Waals surface area contributed by atoms with Crippen LogP contribution in [-0.4, -0.2) is 30.1 Å². The van der Waals surface area contributed by atoms with Crippen molar-refractivity contribution in [2.75, 3.05) is 30.4 Å². The van der Waals surface area contributed by atoms with Gasteiger partial charge < -0.3 is 10.2 Å². The van der Waals surface area contributed by atoms with E-state index in [1.54, 1.807) is 0 Å². The summed E-state index contributed by atoms with van der Waals surface area (Å²) in [5, 5.41) is 3.14. The Morgan fingerprint density at radius 3 is 2.58 bits per heavy atom. The van der Waals surface area contributed by atoms with Crippen LogP contribution >= 0.6 is 0 Å². The molecule has 0 spiro atoms. The maximum Gasteiger partial charge on any atom is 0.135 e. The van der Waals surface area contributed by atoms with Crippen molar-refractivity contribution < 1.29 is 0 Å². The number of hydrogen-bond acceptors (Lipinski definition) is 4. The van der Waals surface area contributed by atoms with Gasteiger partial charge in [0.25, 0.3) is 0 Å². The van der Waals surface area contributed by atoms with Gasteiger partial charge in [-0.1, -0.05) is 27.7 Å². The monoisotopic (exact) mass is 262 g/mol. The van der Waals surface area contributed by atoms with E-state index in [9.17, 15) is 0 Å². The molecule has 2 rings (SSSR count). The molecule has 106 valence electrons. The van der Waals surface area contributed by atoms with E-state index in [1.807, 2.05) is 7.05 Å². The zero-order valence-electron chi connectivity index (χ0n) is 12.8. The number of aromatic nitrogens is 2. The molecule has 2 unspecified atom stereocenters. The van der Waals surface area contributed by atoms with Gasteiger partial charge in [0.15, 0.2) is 0 Å². The van der Waals surface area contributed by atoms with Crippen LogP contribution in [0.25, 0.3) is 0 Å². The lowest BCUT2D eigenvalue weighted by atomic mass is 9.89. The van der Waals surface area contributed by atoms with E-state index in [1.165, 1.54) is 6.42 Å². The van der Waals surface area contributed by atoms with Crippen molar-refractivity contribution in [3.63, 3.8) is 0 Å². The Morgan fingerprint density at radius 2 is 2.00 bits per heavy atom. The SMILES string of the molecule is CNc1cc(N2CCC(C)C(C)C2)nc(C(C)C)n1. The second kappa shape index (κ2) is 5.76. The normalized spacial score (nSPS) is 23.8. The standard InChI is InChI=1S/C15H26N4/c1-10(2)15-17-13(16-5)8-14(18-15)19-7-6-11(3)12(4)9-19/h8,10-12H,6-7,9H2,1-5H3,(H,16,17,18). The minimum Gasteiger partial charge on any atom is -0.373 e. The van der Waals surface area contributed by atoms with E-state index in [-0.39, 0.29) is 0 Å². The molecule has 4 nitrogen and oxygen atoms in total. The first-order valence-electron chi connectivity index (χ1n) is 7.33. The highest BCUT2D eigenvalue weighted by Gasteiger charge is 2.24. The molecule has 0 amide bonds. The van der Waals surface area contributed by atoms with Crippen LogP contribution in [-0.2, 0) is 0 Å². The summed E-state index contributed by atoms with van der Waals surface area (Å²) in [5.74, 6) is 4.80. The molecule has 1 fully saturated rings. The summed E-state index contributed by atoms with van der Waals surface area (Å²) in [4.78, 5) is 11.7. The minimum atomic E-state index is 0.355. The number of nitrogens with one attached hydrogen (secondary N) is 1. The fraction of sp³-hybridized carbons (Fsp3) is 0.733. The molecule has 1 N–H and O–H groups in total. The molecule has 0 saturated carbocycles. The van der Waals surface area contributed by atoms with Crippen LogP contribution in [0.2, 0.25) is 0 Å². The molecule has 0 aliphatic carbocycles. The molecule has 0 aromatic carbocycles. The lowest BCUT2D eigenvalue weighted by Gasteiger charge is -2.36. The van der Waals surface area contributed by atoms with Crippen molar-refractivity contribution in [2.24, 2.45) is 11.8 Å². The summed E-state index contributed by atoms with van der Waals surface area (Å²) in [5.41, 5.74) is 0. The van der Waals surface area contributed by atoms with Gasteiger partial charge in [0.05, 0.1) is 0 Å². The quantitative estimate of drug-likeness (QED) is 0.908. The average molecular weight is 262 g/mol. The number of nitrogens with zero attached hydrogens (tertiary/aromatic N) is 3. The first-order chi connectivity index (χ1) is 9.01. The average Bonchev–Trinajstić information content (AvgIpc) is 2.41. The Labute approximate surface area is 116 Å². The van der Waals surface area contributed by atoms with Crippen molar-refractivity contribution in [1.82, 2.24) is 9.97 Å². The molecule has 2 atom stereocenters. The highest BCUT2D eigenvalue weighted by Crippen LogP contribution is 2.27. The van der Waals surface area contributed by atoms with Gasteiger partial charge in [-0.2, -0.15) is 0 Å². The summed E-state index contributed by atoms with van der Waals surface area (Å²) in [6.45, 7) is 11.2. The maximum absolute atomic E-state index is 4.74. The summed E-state index contributed by atoms with van der Waals surface area (Å²) in [7, 11) is 1.91. The second-order valence-corrected chi connectivity index (χ2v) is 6.06. The van der Waals surface area contributed by atoms with Gasteiger partial charge in [0, 0.05) is 32.1 Å². The third kappa shape index (κ3) is 3.17. The third-order valence-electron chi connectivity index (χ3n) is 4.16. The van der Waals surface area contributed by atoms with Gasteiger partial charge in [0.2, 0.25) is 0 Å². The number of hydrogen-bond donors (Lipinski definition) is 1. The molecule has 19 heavy (non-hydrogen) atoms. The Kier molecular flexibility index (Phi) is 4.27. The van der Waals surface area contributed by atoms with Gasteiger partial charge in [0.1, 0.15) is 17.5 Å². The summed E-state index contributed by atoms with van der Waals surface area (Å²) in [6.07, 6.45) is 1.25. The third-order valence-corrected chi connectivity index (χ3v) is 4.16. The number of piperidine rings is 1. The Balaban J connectivity index is 2.26. The molecule has 4 heteroatoms. The van der Waals surface area contributed by atoms with Crippen LogP contribution in [0.3, 0.4) is 0 Å². The largest absolute Gasteiger partial charge is 0.373 e. The molecule has 1 aliphatic rings. The topological polar surface area (TPSA) is 41.0 Å². The Morgan fingerprint density at radius 1 is 1.26 bits per heavy atom. The molecule has 2 heterocycles. The van der Waals surface area contributed by atoms with Crippen molar-refractivity contribution in [3.05, 3.63) is 11.9 Å². The second-order valence-electron chi connectivity index (χ2n) is 6.06. The molecule has 1 aliphatic heterocycles. The molecule has 1 aromatic rings. The van der Waals surface area contributed by atoms with Gasteiger partial charge in [-0.15, -0.1) is 0 Å². The van der Waals surface area contributed by atoms with Crippen molar-refractivity contribution in [2.45, 2.75) is 40.0 Å². The highest BCUT2D eigenvalue weighted by molar-refractivity contribution is 5.49. The number of rotatable bonds is 3. The molecular formula is C15H26N4. The van der Waals surface area contributed by atoms with Crippen molar-refractivity contribution in [3.8, 4) is 0 Å². The summed E-state index contributed by atoms with van der Waals surface area (Å²) < 4.78 is 0. The van der Waals surface area contributed by atoms with E-state index in [4.69, 9.17) is 4.98 Å². The molecule has 0 bridgehead atoms. The van der Waals surface area contributed by atoms with Crippen LogP contribution in [0, 0.1) is 11.8 Å². The van der Waals surface area contributed by atoms with E-state index in [0.29, 0.717) is 5.92 Å². The van der Waals surface area contributed by atoms with Gasteiger partial charge in [-0.3, -0.25) is 0 Å². The van der Waals surface area contributed by atoms with E-state index < -0.39 is 0 Å². The maximum atomic E-state index is 4.74. The molecule has 0 radical (unpaired) electrons. The highest BCUT2D eigenvalue weighted by atomic mass is 15.2. The van der Waals surface area contributed by atoms with Crippen LogP contribution in [0.4, 0.5) is 11.6 Å². The minimum absolute atomic E-state index is 0.355. The zero-order valence-corrected chi connectivity index (χ0v) is 12.8. The molecule has 1 saturated heterocycles. The fourth-order valence-electron chi connectivity index (χ4n) is 2.47. The summed E-state index contributed by atoms with van der Waals surface area (Å²) >= 11 is 0. The van der Waals surface area contributed by atoms with Crippen molar-refractivity contribution >= 4 is 11.6 Å². The zero-order chi connectivity index (χ0) is 14.0. The van der Waals surface area contributed by atoms with E-state index in [2.05, 4.69) is 49.0 Å². The van der Waals surface area contributed by atoms with Gasteiger partial charge >= 0.3 is 0 Å². The fourth-order valence-corrected chi connectivity index (χ4v) is 2.47. The predicted molar refractivity (Wildman–Crippen MR) is 80.8 cm³/mol. The van der Waals surface area contributed by atoms with Crippen LogP contribution < -0.4 is 10.2 Å². The summed E-state index contributed by atoms with van der Waals surface area (Å²) in [6, 6.07) is 2.06.